The molecule has 0 aromatic carbocycles. The Labute approximate surface area is 227 Å². The quantitative estimate of drug-likeness (QED) is 0.0911. The van der Waals surface area contributed by atoms with Gasteiger partial charge in [-0.05, 0) is 12.8 Å². The van der Waals surface area contributed by atoms with Crippen molar-refractivity contribution in [3.63, 3.8) is 0 Å². The molecular formula is C33H68O3. The van der Waals surface area contributed by atoms with E-state index in [0.717, 1.165) is 26.1 Å². The summed E-state index contributed by atoms with van der Waals surface area (Å²) < 4.78 is 11.6. The Morgan fingerprint density at radius 3 is 1.06 bits per heavy atom. The van der Waals surface area contributed by atoms with Gasteiger partial charge in [0.25, 0.3) is 0 Å². The van der Waals surface area contributed by atoms with Gasteiger partial charge in [-0.15, -0.1) is 0 Å². The first-order chi connectivity index (χ1) is 17.8. The molecule has 1 atom stereocenters. The van der Waals surface area contributed by atoms with Crippen molar-refractivity contribution in [2.24, 2.45) is 0 Å². The Kier molecular flexibility index (Phi) is 32.8. The highest BCUT2D eigenvalue weighted by Gasteiger charge is 2.07. The molecule has 1 N–H and O–H groups in total. The molecule has 218 valence electrons. The van der Waals surface area contributed by atoms with Gasteiger partial charge in [-0.3, -0.25) is 0 Å². The monoisotopic (exact) mass is 513 g/mol. The Morgan fingerprint density at radius 2 is 0.722 bits per heavy atom. The number of rotatable bonds is 32. The number of hydrogen-bond acceptors (Lipinski definition) is 3. The van der Waals surface area contributed by atoms with E-state index in [9.17, 15) is 5.11 Å². The van der Waals surface area contributed by atoms with Crippen LogP contribution in [0.15, 0.2) is 0 Å². The van der Waals surface area contributed by atoms with Crippen LogP contribution in [0.1, 0.15) is 181 Å². The van der Waals surface area contributed by atoms with Gasteiger partial charge in [0.2, 0.25) is 0 Å². The highest BCUT2D eigenvalue weighted by molar-refractivity contribution is 4.55. The zero-order valence-corrected chi connectivity index (χ0v) is 25.1. The highest BCUT2D eigenvalue weighted by Crippen LogP contribution is 2.14. The second-order valence-corrected chi connectivity index (χ2v) is 11.2. The van der Waals surface area contributed by atoms with Crippen LogP contribution in [0, 0.1) is 0 Å². The van der Waals surface area contributed by atoms with Crippen LogP contribution in [-0.2, 0) is 9.47 Å². The van der Waals surface area contributed by atoms with Crippen molar-refractivity contribution in [3.8, 4) is 0 Å². The average molecular weight is 513 g/mol. The van der Waals surface area contributed by atoms with Crippen LogP contribution < -0.4 is 0 Å². The summed E-state index contributed by atoms with van der Waals surface area (Å²) in [6, 6.07) is 0. The molecule has 0 aromatic heterocycles. The average Bonchev–Trinajstić information content (AvgIpc) is 2.89. The molecule has 0 saturated carbocycles. The van der Waals surface area contributed by atoms with Gasteiger partial charge in [-0.2, -0.15) is 0 Å². The number of unbranched alkanes of at least 4 members (excludes halogenated alkanes) is 24. The van der Waals surface area contributed by atoms with Crippen molar-refractivity contribution < 1.29 is 14.6 Å². The molecule has 3 nitrogen and oxygen atoms in total. The summed E-state index contributed by atoms with van der Waals surface area (Å²) in [4.78, 5) is 0. The van der Waals surface area contributed by atoms with Crippen molar-refractivity contribution in [1.82, 2.24) is 0 Å². The zero-order chi connectivity index (χ0) is 26.2. The third-order valence-electron chi connectivity index (χ3n) is 7.50. The molecule has 0 amide bonds. The molecule has 0 aliphatic rings. The number of hydrogen-bond donors (Lipinski definition) is 1. The molecule has 0 rings (SSSR count). The van der Waals surface area contributed by atoms with E-state index in [0.29, 0.717) is 6.61 Å². The van der Waals surface area contributed by atoms with Gasteiger partial charge in [0.1, 0.15) is 6.10 Å². The molecule has 3 heteroatoms. The van der Waals surface area contributed by atoms with E-state index in [-0.39, 0.29) is 12.7 Å². The normalized spacial score (nSPS) is 12.4. The molecule has 0 aliphatic heterocycles. The summed E-state index contributed by atoms with van der Waals surface area (Å²) >= 11 is 0. The molecule has 0 aromatic rings. The van der Waals surface area contributed by atoms with Crippen LogP contribution in [0.25, 0.3) is 0 Å². The van der Waals surface area contributed by atoms with Gasteiger partial charge >= 0.3 is 0 Å². The van der Waals surface area contributed by atoms with Crippen molar-refractivity contribution >= 4 is 0 Å². The van der Waals surface area contributed by atoms with Crippen molar-refractivity contribution in [3.05, 3.63) is 0 Å². The van der Waals surface area contributed by atoms with E-state index in [4.69, 9.17) is 9.47 Å². The molecule has 0 aliphatic carbocycles. The number of aliphatic hydroxyl groups excluding tert-OH is 1. The lowest BCUT2D eigenvalue weighted by Crippen LogP contribution is -2.24. The fraction of sp³-hybridized carbons (Fsp3) is 1.00. The van der Waals surface area contributed by atoms with E-state index in [1.165, 1.54) is 154 Å². The smallest absolute Gasteiger partial charge is 0.104 e. The SMILES string of the molecule is CCCCCCCCCCCCCCCCCCOC[C@@H](CO)OCCCCCCCCCCCC. The van der Waals surface area contributed by atoms with Gasteiger partial charge in [0.05, 0.1) is 13.2 Å². The topological polar surface area (TPSA) is 38.7 Å². The van der Waals surface area contributed by atoms with Crippen molar-refractivity contribution in [1.29, 1.82) is 0 Å². The molecule has 36 heavy (non-hydrogen) atoms. The Bertz CT molecular complexity index is 374. The van der Waals surface area contributed by atoms with Gasteiger partial charge in [0, 0.05) is 13.2 Å². The molecule has 0 saturated heterocycles. The maximum Gasteiger partial charge on any atom is 0.104 e. The first kappa shape index (κ1) is 35.9. The molecule has 0 heterocycles. The van der Waals surface area contributed by atoms with Crippen LogP contribution in [0.5, 0.6) is 0 Å². The zero-order valence-electron chi connectivity index (χ0n) is 25.1. The Morgan fingerprint density at radius 1 is 0.417 bits per heavy atom. The predicted octanol–water partition coefficient (Wildman–Crippen LogP) is 10.6. The number of aliphatic hydroxyl groups is 1. The molecule has 0 bridgehead atoms. The minimum atomic E-state index is -0.148. The molecule has 0 radical (unpaired) electrons. The van der Waals surface area contributed by atoms with E-state index in [1.54, 1.807) is 0 Å². The Balaban J connectivity index is 3.24. The van der Waals surface area contributed by atoms with Gasteiger partial charge in [-0.25, -0.2) is 0 Å². The van der Waals surface area contributed by atoms with Crippen LogP contribution in [-0.4, -0.2) is 37.6 Å². The van der Waals surface area contributed by atoms with Gasteiger partial charge in [0.15, 0.2) is 0 Å². The minimum absolute atomic E-state index is 0.0662. The number of ether oxygens (including phenoxy) is 2. The molecule has 0 fully saturated rings. The standard InChI is InChI=1S/C33H68O3/c1-3-5-7-9-11-13-15-16-17-18-19-20-21-23-25-27-29-35-32-33(31-34)36-30-28-26-24-22-14-12-10-8-6-4-2/h33-34H,3-32H2,1-2H3/t33-/m1/s1. The van der Waals surface area contributed by atoms with Crippen LogP contribution in [0.2, 0.25) is 0 Å². The fourth-order valence-corrected chi connectivity index (χ4v) is 4.96. The molecule has 0 unspecified atom stereocenters. The second-order valence-electron chi connectivity index (χ2n) is 11.2. The van der Waals surface area contributed by atoms with Crippen molar-refractivity contribution in [2.45, 2.75) is 187 Å². The van der Waals surface area contributed by atoms with E-state index in [2.05, 4.69) is 13.8 Å². The molecule has 0 spiro atoms. The third kappa shape index (κ3) is 30.1. The minimum Gasteiger partial charge on any atom is -0.394 e. The van der Waals surface area contributed by atoms with Gasteiger partial charge < -0.3 is 14.6 Å². The summed E-state index contributed by atoms with van der Waals surface area (Å²) in [5.74, 6) is 0. The first-order valence-electron chi connectivity index (χ1n) is 16.6. The van der Waals surface area contributed by atoms with E-state index >= 15 is 0 Å². The fourth-order valence-electron chi connectivity index (χ4n) is 4.96. The summed E-state index contributed by atoms with van der Waals surface area (Å²) in [5, 5.41) is 9.53. The largest absolute Gasteiger partial charge is 0.394 e. The van der Waals surface area contributed by atoms with E-state index in [1.807, 2.05) is 0 Å². The lowest BCUT2D eigenvalue weighted by molar-refractivity contribution is -0.0437. The summed E-state index contributed by atoms with van der Waals surface area (Å²) in [6.07, 6.45) is 35.5. The first-order valence-corrected chi connectivity index (χ1v) is 16.6. The van der Waals surface area contributed by atoms with Crippen LogP contribution >= 0.6 is 0 Å². The third-order valence-corrected chi connectivity index (χ3v) is 7.50. The summed E-state index contributed by atoms with van der Waals surface area (Å²) in [7, 11) is 0. The predicted molar refractivity (Wildman–Crippen MR) is 159 cm³/mol. The second kappa shape index (κ2) is 32.9. The molecular weight excluding hydrogens is 444 g/mol. The Hall–Kier alpha value is -0.120. The lowest BCUT2D eigenvalue weighted by Gasteiger charge is -2.15. The maximum absolute atomic E-state index is 9.53. The van der Waals surface area contributed by atoms with E-state index < -0.39 is 0 Å². The van der Waals surface area contributed by atoms with Gasteiger partial charge in [-0.1, -0.05) is 168 Å². The maximum atomic E-state index is 9.53. The summed E-state index contributed by atoms with van der Waals surface area (Å²) in [5.41, 5.74) is 0. The lowest BCUT2D eigenvalue weighted by atomic mass is 10.0. The highest BCUT2D eigenvalue weighted by atomic mass is 16.5. The van der Waals surface area contributed by atoms with Crippen LogP contribution in [0.3, 0.4) is 0 Å². The van der Waals surface area contributed by atoms with Crippen molar-refractivity contribution in [2.75, 3.05) is 26.4 Å². The van der Waals surface area contributed by atoms with Crippen LogP contribution in [0.4, 0.5) is 0 Å². The summed E-state index contributed by atoms with van der Waals surface area (Å²) in [6.45, 7) is 6.72.